The number of rotatable bonds is 9. The average molecular weight is 447 g/mol. The fraction of sp³-hybridized carbons (Fsp3) is 0.667. The summed E-state index contributed by atoms with van der Waals surface area (Å²) in [7, 11) is 6.40. The molecule has 0 bridgehead atoms. The van der Waals surface area contributed by atoms with E-state index in [4.69, 9.17) is 14.2 Å². The van der Waals surface area contributed by atoms with Gasteiger partial charge in [-0.15, -0.1) is 0 Å². The van der Waals surface area contributed by atoms with Crippen LogP contribution in [-0.4, -0.2) is 71.6 Å². The van der Waals surface area contributed by atoms with Crippen molar-refractivity contribution in [1.82, 2.24) is 15.5 Å². The van der Waals surface area contributed by atoms with Crippen LogP contribution in [0.3, 0.4) is 0 Å². The quantitative estimate of drug-likeness (QED) is 0.449. The maximum atomic E-state index is 12.5. The predicted molar refractivity (Wildman–Crippen MR) is 114 cm³/mol. The molecule has 1 aliphatic rings. The second kappa shape index (κ2) is 11.9. The summed E-state index contributed by atoms with van der Waals surface area (Å²) in [6.07, 6.45) is -1.65. The van der Waals surface area contributed by atoms with Crippen molar-refractivity contribution in [2.45, 2.75) is 32.0 Å². The highest BCUT2D eigenvalue weighted by Gasteiger charge is 2.32. The van der Waals surface area contributed by atoms with Crippen LogP contribution in [0.4, 0.5) is 13.2 Å². The minimum absolute atomic E-state index is 0.421. The lowest BCUT2D eigenvalue weighted by molar-refractivity contribution is -0.148. The monoisotopic (exact) mass is 446 g/mol. The highest BCUT2D eigenvalue weighted by atomic mass is 19.4. The Bertz CT molecular complexity index is 695. The molecule has 2 rings (SSSR count). The van der Waals surface area contributed by atoms with Crippen molar-refractivity contribution in [2.24, 2.45) is 10.9 Å². The number of hydrogen-bond acceptors (Lipinski definition) is 5. The summed E-state index contributed by atoms with van der Waals surface area (Å²) in [5.41, 5.74) is 0.939. The van der Waals surface area contributed by atoms with E-state index in [1.165, 1.54) is 4.90 Å². The van der Waals surface area contributed by atoms with E-state index in [1.54, 1.807) is 28.4 Å². The number of ether oxygens (including phenoxy) is 3. The molecule has 0 atom stereocenters. The zero-order valence-electron chi connectivity index (χ0n) is 18.6. The van der Waals surface area contributed by atoms with E-state index in [2.05, 4.69) is 15.6 Å². The Morgan fingerprint density at radius 2 is 1.68 bits per heavy atom. The van der Waals surface area contributed by atoms with E-state index >= 15 is 0 Å². The van der Waals surface area contributed by atoms with Gasteiger partial charge in [-0.3, -0.25) is 9.89 Å². The third-order valence-corrected chi connectivity index (χ3v) is 5.36. The van der Waals surface area contributed by atoms with E-state index in [0.717, 1.165) is 24.8 Å². The van der Waals surface area contributed by atoms with Gasteiger partial charge < -0.3 is 24.8 Å². The third kappa shape index (κ3) is 8.01. The summed E-state index contributed by atoms with van der Waals surface area (Å²) in [5.74, 6) is 2.78. The molecule has 1 aliphatic heterocycles. The number of methoxy groups -OCH3 is 3. The Morgan fingerprint density at radius 3 is 2.16 bits per heavy atom. The van der Waals surface area contributed by atoms with Gasteiger partial charge in [-0.05, 0) is 56.0 Å². The number of alkyl halides is 3. The molecule has 176 valence electrons. The molecule has 1 aromatic carbocycles. The molecule has 10 heteroatoms. The predicted octanol–water partition coefficient (Wildman–Crippen LogP) is 3.04. The van der Waals surface area contributed by atoms with Gasteiger partial charge in [0.2, 0.25) is 5.75 Å². The molecule has 1 saturated heterocycles. The molecule has 0 unspecified atom stereocenters. The van der Waals surface area contributed by atoms with Crippen LogP contribution < -0.4 is 24.8 Å². The number of hydrogen-bond donors (Lipinski definition) is 2. The van der Waals surface area contributed by atoms with Crippen LogP contribution in [0, 0.1) is 5.92 Å². The number of guanidine groups is 1. The molecule has 0 saturated carbocycles. The van der Waals surface area contributed by atoms with Gasteiger partial charge in [0.05, 0.1) is 27.9 Å². The lowest BCUT2D eigenvalue weighted by atomic mass is 9.93. The van der Waals surface area contributed by atoms with Crippen LogP contribution >= 0.6 is 0 Å². The van der Waals surface area contributed by atoms with Crippen LogP contribution in [0.2, 0.25) is 0 Å². The smallest absolute Gasteiger partial charge is 0.401 e. The Balaban J connectivity index is 1.77. The molecule has 0 aliphatic carbocycles. The lowest BCUT2D eigenvalue weighted by Gasteiger charge is -2.32. The summed E-state index contributed by atoms with van der Waals surface area (Å²) < 4.78 is 53.6. The van der Waals surface area contributed by atoms with Gasteiger partial charge in [-0.25, -0.2) is 0 Å². The Labute approximate surface area is 181 Å². The second-order valence-corrected chi connectivity index (χ2v) is 7.51. The average Bonchev–Trinajstić information content (AvgIpc) is 2.75. The van der Waals surface area contributed by atoms with Gasteiger partial charge in [0.15, 0.2) is 17.5 Å². The van der Waals surface area contributed by atoms with Crippen LogP contribution in [-0.2, 0) is 6.54 Å². The third-order valence-electron chi connectivity index (χ3n) is 5.36. The molecule has 0 aromatic heterocycles. The van der Waals surface area contributed by atoms with Gasteiger partial charge in [-0.1, -0.05) is 0 Å². The maximum Gasteiger partial charge on any atom is 0.401 e. The zero-order valence-corrected chi connectivity index (χ0v) is 18.6. The first-order valence-corrected chi connectivity index (χ1v) is 10.3. The molecule has 7 nitrogen and oxygen atoms in total. The van der Waals surface area contributed by atoms with Gasteiger partial charge >= 0.3 is 6.18 Å². The first-order chi connectivity index (χ1) is 14.8. The first kappa shape index (κ1) is 24.9. The zero-order chi connectivity index (χ0) is 22.9. The van der Waals surface area contributed by atoms with Crippen molar-refractivity contribution in [3.05, 3.63) is 17.7 Å². The normalized spacial score (nSPS) is 16.2. The van der Waals surface area contributed by atoms with Crippen molar-refractivity contribution in [1.29, 1.82) is 0 Å². The highest BCUT2D eigenvalue weighted by Crippen LogP contribution is 2.38. The van der Waals surface area contributed by atoms with Crippen molar-refractivity contribution in [3.8, 4) is 17.2 Å². The van der Waals surface area contributed by atoms with E-state index in [1.807, 2.05) is 12.1 Å². The van der Waals surface area contributed by atoms with Crippen LogP contribution in [0.1, 0.15) is 24.8 Å². The van der Waals surface area contributed by atoms with Crippen LogP contribution in [0.5, 0.6) is 17.2 Å². The van der Waals surface area contributed by atoms with E-state index in [0.29, 0.717) is 55.3 Å². The highest BCUT2D eigenvalue weighted by molar-refractivity contribution is 5.79. The second-order valence-electron chi connectivity index (χ2n) is 7.51. The number of likely N-dealkylation sites (tertiary alicyclic amines) is 1. The number of aliphatic imine (C=N–C) groups is 1. The summed E-state index contributed by atoms with van der Waals surface area (Å²) in [4.78, 5) is 5.72. The summed E-state index contributed by atoms with van der Waals surface area (Å²) >= 11 is 0. The topological polar surface area (TPSA) is 67.4 Å². The number of benzene rings is 1. The van der Waals surface area contributed by atoms with Crippen molar-refractivity contribution in [3.63, 3.8) is 0 Å². The number of halogens is 3. The van der Waals surface area contributed by atoms with E-state index < -0.39 is 12.7 Å². The lowest BCUT2D eigenvalue weighted by Crippen LogP contribution is -2.41. The van der Waals surface area contributed by atoms with Gasteiger partial charge in [0, 0.05) is 20.1 Å². The number of nitrogens with zero attached hydrogens (tertiary/aromatic N) is 2. The largest absolute Gasteiger partial charge is 0.493 e. The van der Waals surface area contributed by atoms with Crippen LogP contribution in [0.25, 0.3) is 0 Å². The molecule has 1 fully saturated rings. The fourth-order valence-corrected chi connectivity index (χ4v) is 3.73. The van der Waals surface area contributed by atoms with Gasteiger partial charge in [0.25, 0.3) is 0 Å². The minimum Gasteiger partial charge on any atom is -0.493 e. The molecule has 0 radical (unpaired) electrons. The minimum atomic E-state index is -4.12. The molecule has 0 spiro atoms. The van der Waals surface area contributed by atoms with Gasteiger partial charge in [-0.2, -0.15) is 13.2 Å². The molecular weight excluding hydrogens is 413 g/mol. The molecule has 0 amide bonds. The summed E-state index contributed by atoms with van der Waals surface area (Å²) in [6.45, 7) is 1.40. The Hall–Kier alpha value is -2.36. The van der Waals surface area contributed by atoms with Crippen LogP contribution in [0.15, 0.2) is 17.1 Å². The Morgan fingerprint density at radius 1 is 1.06 bits per heavy atom. The van der Waals surface area contributed by atoms with E-state index in [9.17, 15) is 13.2 Å². The first-order valence-electron chi connectivity index (χ1n) is 10.3. The van der Waals surface area contributed by atoms with Crippen molar-refractivity contribution >= 4 is 5.96 Å². The molecule has 1 aromatic rings. The molecule has 2 N–H and O–H groups in total. The Kier molecular flexibility index (Phi) is 9.54. The van der Waals surface area contributed by atoms with E-state index in [-0.39, 0.29) is 0 Å². The summed E-state index contributed by atoms with van der Waals surface area (Å²) in [5, 5.41) is 6.52. The molecular formula is C21H33F3N4O3. The standard InChI is InChI=1S/C21H33F3N4O3/c1-25-20(26-8-5-15-6-9-28(10-7-15)14-21(22,23)24)27-13-16-11-17(29-2)19(31-4)18(12-16)30-3/h11-12,15H,5-10,13-14H2,1-4H3,(H2,25,26,27). The molecule has 31 heavy (non-hydrogen) atoms. The maximum absolute atomic E-state index is 12.5. The SMILES string of the molecule is CN=C(NCCC1CCN(CC(F)(F)F)CC1)NCc1cc(OC)c(OC)c(OC)c1. The van der Waals surface area contributed by atoms with Gasteiger partial charge in [0.1, 0.15) is 0 Å². The van der Waals surface area contributed by atoms with Crippen molar-refractivity contribution < 1.29 is 27.4 Å². The number of piperidine rings is 1. The number of nitrogens with one attached hydrogen (secondary N) is 2. The summed E-state index contributed by atoms with van der Waals surface area (Å²) in [6, 6.07) is 3.74. The molecule has 1 heterocycles. The van der Waals surface area contributed by atoms with Crippen molar-refractivity contribution in [2.75, 3.05) is 54.6 Å². The fourth-order valence-electron chi connectivity index (χ4n) is 3.73.